The summed E-state index contributed by atoms with van der Waals surface area (Å²) in [7, 11) is 0. The highest BCUT2D eigenvalue weighted by atomic mass is 16.8. The van der Waals surface area contributed by atoms with Gasteiger partial charge in [0.15, 0.2) is 5.71 Å². The minimum atomic E-state index is -0.978. The summed E-state index contributed by atoms with van der Waals surface area (Å²) < 4.78 is 14.8. The first-order valence-electron chi connectivity index (χ1n) is 14.5. The summed E-state index contributed by atoms with van der Waals surface area (Å²) in [6, 6.07) is 13.0. The number of nitrogens with zero attached hydrogens (tertiary/aromatic N) is 1. The maximum atomic E-state index is 13.4. The average Bonchev–Trinajstić information content (AvgIpc) is 3.11. The van der Waals surface area contributed by atoms with Crippen LogP contribution in [0.15, 0.2) is 60.1 Å². The van der Waals surface area contributed by atoms with Gasteiger partial charge in [-0.1, -0.05) is 37.6 Å². The largest absolute Gasteiger partial charge is 0.480 e. The number of benzene rings is 2. The molecule has 2 aliphatic heterocycles. The molecular formula is C33H38NO4+. The molecule has 8 rings (SSSR count). The Kier molecular flexibility index (Phi) is 5.34. The lowest BCUT2D eigenvalue weighted by molar-refractivity contribution is -0.438. The van der Waals surface area contributed by atoms with E-state index in [0.717, 1.165) is 50.8 Å². The van der Waals surface area contributed by atoms with Gasteiger partial charge in [-0.05, 0) is 80.7 Å². The Morgan fingerprint density at radius 2 is 1.68 bits per heavy atom. The highest BCUT2D eigenvalue weighted by molar-refractivity contribution is 6.08. The van der Waals surface area contributed by atoms with E-state index in [0.29, 0.717) is 11.8 Å². The number of hydrogen-bond acceptors (Lipinski definition) is 4. The predicted molar refractivity (Wildman–Crippen MR) is 147 cm³/mol. The molecule has 0 amide bonds. The summed E-state index contributed by atoms with van der Waals surface area (Å²) in [5, 5.41) is 13.6. The molecule has 2 aromatic carbocycles. The lowest BCUT2D eigenvalue weighted by Crippen LogP contribution is -2.62. The third kappa shape index (κ3) is 3.36. The van der Waals surface area contributed by atoms with Gasteiger partial charge in [0.2, 0.25) is 5.69 Å². The third-order valence-electron chi connectivity index (χ3n) is 10.1. The molecule has 0 saturated heterocycles. The van der Waals surface area contributed by atoms with E-state index < -0.39 is 11.8 Å². The molecule has 6 aliphatic rings. The van der Waals surface area contributed by atoms with E-state index in [-0.39, 0.29) is 28.8 Å². The number of fused-ring (bicyclic) bond motifs is 3. The van der Waals surface area contributed by atoms with Crippen LogP contribution >= 0.6 is 0 Å². The first kappa shape index (κ1) is 24.0. The highest BCUT2D eigenvalue weighted by Gasteiger charge is 2.63. The van der Waals surface area contributed by atoms with Gasteiger partial charge in [0.1, 0.15) is 12.1 Å². The minimum Gasteiger partial charge on any atom is -0.480 e. The smallest absolute Gasteiger partial charge is 0.348 e. The zero-order chi connectivity index (χ0) is 26.2. The Hall–Kier alpha value is -3.08. The molecule has 0 atom stereocenters. The van der Waals surface area contributed by atoms with Crippen molar-refractivity contribution in [1.82, 2.24) is 0 Å². The second-order valence-electron chi connectivity index (χ2n) is 12.8. The lowest BCUT2D eigenvalue weighted by atomic mass is 9.53. The number of aliphatic hydroxyl groups excluding tert-OH is 1. The summed E-state index contributed by atoms with van der Waals surface area (Å²) in [5.74, 6) is 0.0861. The summed E-state index contributed by atoms with van der Waals surface area (Å²) in [6.45, 7) is 7.59. The Labute approximate surface area is 224 Å². The van der Waals surface area contributed by atoms with Crippen molar-refractivity contribution in [3.63, 3.8) is 0 Å². The molecule has 2 aromatic rings. The molecule has 1 spiro atoms. The Morgan fingerprint density at radius 1 is 0.974 bits per heavy atom. The van der Waals surface area contributed by atoms with Crippen molar-refractivity contribution in [3.05, 3.63) is 65.6 Å². The van der Waals surface area contributed by atoms with Gasteiger partial charge >= 0.3 is 5.97 Å². The van der Waals surface area contributed by atoms with Crippen molar-refractivity contribution >= 4 is 28.1 Å². The maximum Gasteiger partial charge on any atom is 0.348 e. The Balaban J connectivity index is 1.26. The van der Waals surface area contributed by atoms with Crippen LogP contribution < -0.4 is 0 Å². The normalized spacial score (nSPS) is 33.0. The van der Waals surface area contributed by atoms with Gasteiger partial charge in [0.05, 0.1) is 5.41 Å². The number of carbonyl (C=O) groups excluding carboxylic acids is 1. The number of allylic oxidation sites excluding steroid dienone is 1. The number of hydrogen-bond donors (Lipinski definition) is 1. The van der Waals surface area contributed by atoms with E-state index in [1.54, 1.807) is 6.08 Å². The van der Waals surface area contributed by atoms with Gasteiger partial charge in [-0.25, -0.2) is 4.79 Å². The molecule has 4 saturated carbocycles. The zero-order valence-corrected chi connectivity index (χ0v) is 22.7. The zero-order valence-electron chi connectivity index (χ0n) is 22.7. The summed E-state index contributed by atoms with van der Waals surface area (Å²) >= 11 is 0. The van der Waals surface area contributed by atoms with E-state index in [2.05, 4.69) is 61.7 Å². The molecule has 0 aromatic heterocycles. The lowest BCUT2D eigenvalue weighted by Gasteiger charge is -2.59. The minimum absolute atomic E-state index is 0.115. The van der Waals surface area contributed by atoms with E-state index in [9.17, 15) is 9.90 Å². The Morgan fingerprint density at radius 3 is 2.37 bits per heavy atom. The molecular weight excluding hydrogens is 474 g/mol. The van der Waals surface area contributed by atoms with Crippen molar-refractivity contribution in [2.24, 2.45) is 23.7 Å². The van der Waals surface area contributed by atoms with Crippen molar-refractivity contribution in [3.8, 4) is 0 Å². The van der Waals surface area contributed by atoms with Crippen LogP contribution in [-0.2, 0) is 19.7 Å². The van der Waals surface area contributed by atoms with Crippen LogP contribution in [0, 0.1) is 23.7 Å². The average molecular weight is 513 g/mol. The molecule has 198 valence electrons. The molecule has 0 unspecified atom stereocenters. The van der Waals surface area contributed by atoms with Crippen molar-refractivity contribution < 1.29 is 24.0 Å². The summed E-state index contributed by atoms with van der Waals surface area (Å²) in [5.41, 5.74) is 3.47. The highest BCUT2D eigenvalue weighted by Crippen LogP contribution is 2.61. The molecule has 38 heavy (non-hydrogen) atoms. The fourth-order valence-corrected chi connectivity index (χ4v) is 8.58. The number of carbonyl (C=O) groups is 1. The maximum absolute atomic E-state index is 13.4. The molecule has 1 N–H and O–H groups in total. The second-order valence-corrected chi connectivity index (χ2v) is 12.8. The molecule has 0 radical (unpaired) electrons. The third-order valence-corrected chi connectivity index (χ3v) is 10.1. The van der Waals surface area contributed by atoms with E-state index in [4.69, 9.17) is 9.47 Å². The number of ether oxygens (including phenoxy) is 2. The van der Waals surface area contributed by atoms with Crippen LogP contribution in [0.5, 0.6) is 0 Å². The first-order chi connectivity index (χ1) is 18.3. The predicted octanol–water partition coefficient (Wildman–Crippen LogP) is 7.07. The second kappa shape index (κ2) is 8.46. The molecule has 4 bridgehead atoms. The van der Waals surface area contributed by atoms with Gasteiger partial charge in [-0.2, -0.15) is 4.58 Å². The molecule has 2 heterocycles. The van der Waals surface area contributed by atoms with Crippen LogP contribution in [-0.4, -0.2) is 33.7 Å². The van der Waals surface area contributed by atoms with Crippen LogP contribution in [0.25, 0.3) is 10.8 Å². The van der Waals surface area contributed by atoms with Crippen LogP contribution in [0.4, 0.5) is 5.69 Å². The fourth-order valence-electron chi connectivity index (χ4n) is 8.58. The van der Waals surface area contributed by atoms with Gasteiger partial charge < -0.3 is 14.6 Å². The molecule has 4 aliphatic carbocycles. The molecule has 4 fully saturated rings. The van der Waals surface area contributed by atoms with E-state index in [1.807, 2.05) is 6.08 Å². The van der Waals surface area contributed by atoms with Gasteiger partial charge in [0, 0.05) is 36.0 Å². The Bertz CT molecular complexity index is 1400. The number of esters is 1. The van der Waals surface area contributed by atoms with E-state index >= 15 is 0 Å². The first-order valence-corrected chi connectivity index (χ1v) is 14.5. The monoisotopic (exact) mass is 512 g/mol. The topological polar surface area (TPSA) is 58.8 Å². The van der Waals surface area contributed by atoms with Crippen LogP contribution in [0.2, 0.25) is 0 Å². The summed E-state index contributed by atoms with van der Waals surface area (Å²) in [6.07, 6.45) is 11.3. The van der Waals surface area contributed by atoms with Crippen molar-refractivity contribution in [1.29, 1.82) is 0 Å². The van der Waals surface area contributed by atoms with Crippen LogP contribution in [0.1, 0.15) is 71.3 Å². The van der Waals surface area contributed by atoms with Gasteiger partial charge in [-0.3, -0.25) is 0 Å². The summed E-state index contributed by atoms with van der Waals surface area (Å²) in [4.78, 5) is 13.4. The molecule has 5 heteroatoms. The fraction of sp³-hybridized carbons (Fsp3) is 0.515. The number of aliphatic hydroxyl groups is 1. The van der Waals surface area contributed by atoms with Crippen molar-refractivity contribution in [2.75, 3.05) is 6.54 Å². The quantitative estimate of drug-likeness (QED) is 0.344. The van der Waals surface area contributed by atoms with Gasteiger partial charge in [-0.15, -0.1) is 0 Å². The van der Waals surface area contributed by atoms with Crippen molar-refractivity contribution in [2.45, 2.75) is 76.9 Å². The van der Waals surface area contributed by atoms with Crippen LogP contribution in [0.3, 0.4) is 0 Å². The SMILES string of the molecule is CCCC[N+]1=C(/C=C/C2=C(O)OC3(OC2=O)C2CC4CC(C2)CC3C4)C(C)(C)c2c1ccc1ccccc21. The standard InChI is InChI=1S/C33H37NO4/c1-4-5-14-34-27-12-10-22-8-6-7-9-25(22)29(27)32(2,3)28(34)13-11-26-30(35)37-33(38-31(26)36)23-16-20-15-21(18-23)19-24(33)17-20/h6-13,20-21,23-24H,4-5,14-19H2,1-3H3/p+1. The molecule has 5 nitrogen and oxygen atoms in total. The number of unbranched alkanes of at least 4 members (excludes halogenated alkanes) is 1. The van der Waals surface area contributed by atoms with Gasteiger partial charge in [0.25, 0.3) is 11.7 Å². The number of rotatable bonds is 5. The van der Waals surface area contributed by atoms with E-state index in [1.165, 1.54) is 28.4 Å².